The zero-order valence-corrected chi connectivity index (χ0v) is 13.7. The van der Waals surface area contributed by atoms with Crippen molar-refractivity contribution < 1.29 is 9.53 Å². The number of carbonyl (C=O) groups excluding carboxylic acids is 1. The minimum Gasteiger partial charge on any atom is -0.381 e. The standard InChI is InChI=1S/C17H21N3O4/c1-2-19(9-12-7-8-24-11-12)15(21)10-20-16(22)13-5-3-4-6-14(13)18-17(20)23/h3-6,12H,2,7-11H2,1H3,(H,18,23)/t12-/m1/s1. The lowest BCUT2D eigenvalue weighted by Crippen LogP contribution is -2.43. The SMILES string of the molecule is CCN(C[C@H]1CCOC1)C(=O)Cn1c(=O)[nH]c2ccccc2c1=O. The monoisotopic (exact) mass is 331 g/mol. The molecule has 128 valence electrons. The van der Waals surface area contributed by atoms with Gasteiger partial charge in [0.05, 0.1) is 17.5 Å². The molecule has 0 bridgehead atoms. The van der Waals surface area contributed by atoms with Crippen LogP contribution in [0.2, 0.25) is 0 Å². The Morgan fingerprint density at radius 2 is 2.17 bits per heavy atom. The van der Waals surface area contributed by atoms with Gasteiger partial charge in [-0.3, -0.25) is 14.2 Å². The molecule has 1 fully saturated rings. The molecule has 0 spiro atoms. The van der Waals surface area contributed by atoms with E-state index >= 15 is 0 Å². The molecular weight excluding hydrogens is 310 g/mol. The number of aromatic nitrogens is 2. The van der Waals surface area contributed by atoms with Gasteiger partial charge < -0.3 is 14.6 Å². The lowest BCUT2D eigenvalue weighted by atomic mass is 10.1. The van der Waals surface area contributed by atoms with Crippen LogP contribution in [0.4, 0.5) is 0 Å². The summed E-state index contributed by atoms with van der Waals surface area (Å²) in [7, 11) is 0. The van der Waals surface area contributed by atoms with Gasteiger partial charge in [-0.2, -0.15) is 0 Å². The molecule has 2 heterocycles. The van der Waals surface area contributed by atoms with Crippen molar-refractivity contribution in [3.05, 3.63) is 45.1 Å². The summed E-state index contributed by atoms with van der Waals surface area (Å²) in [5.74, 6) is 0.0905. The van der Waals surface area contributed by atoms with Crippen LogP contribution in [-0.2, 0) is 16.1 Å². The highest BCUT2D eigenvalue weighted by Crippen LogP contribution is 2.14. The van der Waals surface area contributed by atoms with E-state index in [0.717, 1.165) is 17.6 Å². The second-order valence-electron chi connectivity index (χ2n) is 6.03. The van der Waals surface area contributed by atoms with Crippen molar-refractivity contribution in [2.24, 2.45) is 5.92 Å². The Bertz CT molecular complexity index is 849. The predicted molar refractivity (Wildman–Crippen MR) is 90.0 cm³/mol. The van der Waals surface area contributed by atoms with Gasteiger partial charge >= 0.3 is 5.69 Å². The Labute approximate surface area is 138 Å². The van der Waals surface area contributed by atoms with Crippen molar-refractivity contribution in [3.63, 3.8) is 0 Å². The Hall–Kier alpha value is -2.41. The van der Waals surface area contributed by atoms with Gasteiger partial charge in [-0.1, -0.05) is 12.1 Å². The molecule has 1 aliphatic heterocycles. The first kappa shape index (κ1) is 16.4. The first-order valence-electron chi connectivity index (χ1n) is 8.17. The van der Waals surface area contributed by atoms with Crippen LogP contribution >= 0.6 is 0 Å². The first-order chi connectivity index (χ1) is 11.6. The summed E-state index contributed by atoms with van der Waals surface area (Å²) < 4.78 is 6.31. The Morgan fingerprint density at radius 3 is 2.88 bits per heavy atom. The van der Waals surface area contributed by atoms with Crippen LogP contribution in [0.3, 0.4) is 0 Å². The first-order valence-corrected chi connectivity index (χ1v) is 8.17. The van der Waals surface area contributed by atoms with Gasteiger partial charge in [0.15, 0.2) is 0 Å². The zero-order chi connectivity index (χ0) is 17.1. The minimum absolute atomic E-state index is 0.229. The molecule has 2 aromatic rings. The largest absolute Gasteiger partial charge is 0.381 e. The van der Waals surface area contributed by atoms with Crippen LogP contribution in [0.15, 0.2) is 33.9 Å². The second-order valence-corrected chi connectivity index (χ2v) is 6.03. The number of H-pyrrole nitrogens is 1. The number of benzene rings is 1. The van der Waals surface area contributed by atoms with E-state index in [9.17, 15) is 14.4 Å². The number of hydrogen-bond acceptors (Lipinski definition) is 4. The number of amides is 1. The molecule has 3 rings (SSSR count). The van der Waals surface area contributed by atoms with Gasteiger partial charge in [0, 0.05) is 25.6 Å². The van der Waals surface area contributed by atoms with E-state index in [1.54, 1.807) is 29.2 Å². The topological polar surface area (TPSA) is 84.4 Å². The fraction of sp³-hybridized carbons (Fsp3) is 0.471. The average molecular weight is 331 g/mol. The van der Waals surface area contributed by atoms with Gasteiger partial charge in [0.1, 0.15) is 6.54 Å². The molecule has 1 atom stereocenters. The Morgan fingerprint density at radius 1 is 1.38 bits per heavy atom. The van der Waals surface area contributed by atoms with Crippen molar-refractivity contribution in [1.82, 2.24) is 14.5 Å². The van der Waals surface area contributed by atoms with Gasteiger partial charge in [0.25, 0.3) is 5.56 Å². The van der Waals surface area contributed by atoms with E-state index < -0.39 is 11.2 Å². The molecule has 24 heavy (non-hydrogen) atoms. The third-order valence-electron chi connectivity index (χ3n) is 4.42. The number of carbonyl (C=O) groups is 1. The van der Waals surface area contributed by atoms with E-state index in [2.05, 4.69) is 4.98 Å². The maximum atomic E-state index is 12.5. The molecule has 7 heteroatoms. The minimum atomic E-state index is -0.563. The van der Waals surface area contributed by atoms with Crippen molar-refractivity contribution in [2.45, 2.75) is 19.9 Å². The quantitative estimate of drug-likeness (QED) is 0.868. The maximum absolute atomic E-state index is 12.5. The second kappa shape index (κ2) is 7.00. The Balaban J connectivity index is 1.84. The summed E-state index contributed by atoms with van der Waals surface area (Å²) in [5, 5.41) is 0.400. The summed E-state index contributed by atoms with van der Waals surface area (Å²) in [6.45, 7) is 4.15. The normalized spacial score (nSPS) is 17.3. The average Bonchev–Trinajstić information content (AvgIpc) is 3.09. The van der Waals surface area contributed by atoms with Crippen molar-refractivity contribution in [3.8, 4) is 0 Å². The highest BCUT2D eigenvalue weighted by Gasteiger charge is 2.22. The van der Waals surface area contributed by atoms with Crippen LogP contribution in [0.1, 0.15) is 13.3 Å². The lowest BCUT2D eigenvalue weighted by molar-refractivity contribution is -0.132. The number of para-hydroxylation sites is 1. The highest BCUT2D eigenvalue weighted by atomic mass is 16.5. The maximum Gasteiger partial charge on any atom is 0.329 e. The van der Waals surface area contributed by atoms with Gasteiger partial charge in [-0.25, -0.2) is 4.79 Å². The molecule has 1 amide bonds. The van der Waals surface area contributed by atoms with E-state index in [4.69, 9.17) is 4.74 Å². The molecule has 1 N–H and O–H groups in total. The van der Waals surface area contributed by atoms with Crippen molar-refractivity contribution in [2.75, 3.05) is 26.3 Å². The zero-order valence-electron chi connectivity index (χ0n) is 13.7. The van der Waals surface area contributed by atoms with Crippen LogP contribution in [0.25, 0.3) is 10.9 Å². The summed E-state index contributed by atoms with van der Waals surface area (Å²) in [4.78, 5) is 41.5. The number of hydrogen-bond donors (Lipinski definition) is 1. The summed E-state index contributed by atoms with van der Waals surface area (Å²) >= 11 is 0. The van der Waals surface area contributed by atoms with Crippen LogP contribution in [-0.4, -0.2) is 46.7 Å². The fourth-order valence-electron chi connectivity index (χ4n) is 3.02. The number of aromatic amines is 1. The van der Waals surface area contributed by atoms with E-state index in [1.165, 1.54) is 0 Å². The number of likely N-dealkylation sites (N-methyl/N-ethyl adjacent to an activating group) is 1. The molecule has 1 aromatic heterocycles. The van der Waals surface area contributed by atoms with Gasteiger partial charge in [-0.05, 0) is 25.5 Å². The molecule has 7 nitrogen and oxygen atoms in total. The summed E-state index contributed by atoms with van der Waals surface area (Å²) in [5.41, 5.74) is -0.526. The predicted octanol–water partition coefficient (Wildman–Crippen LogP) is 0.575. The highest BCUT2D eigenvalue weighted by molar-refractivity contribution is 5.78. The molecule has 0 saturated carbocycles. The summed E-state index contributed by atoms with van der Waals surface area (Å²) in [6.07, 6.45) is 0.931. The Kier molecular flexibility index (Phi) is 4.80. The fourth-order valence-corrected chi connectivity index (χ4v) is 3.02. The van der Waals surface area contributed by atoms with Crippen LogP contribution in [0.5, 0.6) is 0 Å². The van der Waals surface area contributed by atoms with Crippen molar-refractivity contribution >= 4 is 16.8 Å². The van der Waals surface area contributed by atoms with Crippen LogP contribution < -0.4 is 11.2 Å². The van der Waals surface area contributed by atoms with E-state index in [1.807, 2.05) is 6.92 Å². The van der Waals surface area contributed by atoms with E-state index in [-0.39, 0.29) is 12.5 Å². The van der Waals surface area contributed by atoms with Crippen molar-refractivity contribution in [1.29, 1.82) is 0 Å². The molecule has 1 saturated heterocycles. The van der Waals surface area contributed by atoms with Gasteiger partial charge in [-0.15, -0.1) is 0 Å². The smallest absolute Gasteiger partial charge is 0.329 e. The molecule has 1 aromatic carbocycles. The number of ether oxygens (including phenoxy) is 1. The third-order valence-corrected chi connectivity index (χ3v) is 4.42. The molecule has 1 aliphatic rings. The van der Waals surface area contributed by atoms with E-state index in [0.29, 0.717) is 36.5 Å². The number of nitrogens with one attached hydrogen (secondary N) is 1. The van der Waals surface area contributed by atoms with Gasteiger partial charge in [0.2, 0.25) is 5.91 Å². The lowest BCUT2D eigenvalue weighted by Gasteiger charge is -2.24. The number of nitrogens with zero attached hydrogens (tertiary/aromatic N) is 2. The number of rotatable bonds is 5. The molecular formula is C17H21N3O4. The number of fused-ring (bicyclic) bond motifs is 1. The third kappa shape index (κ3) is 3.26. The molecule has 0 radical (unpaired) electrons. The summed E-state index contributed by atoms with van der Waals surface area (Å²) in [6, 6.07) is 6.78. The molecule has 0 unspecified atom stereocenters. The van der Waals surface area contributed by atoms with Crippen LogP contribution in [0, 0.1) is 5.92 Å². The molecule has 0 aliphatic carbocycles.